The second-order valence-electron chi connectivity index (χ2n) is 8.76. The third-order valence-electron chi connectivity index (χ3n) is 6.30. The molecule has 5 heterocycles. The van der Waals surface area contributed by atoms with E-state index in [1.165, 1.54) is 12.4 Å². The quantitative estimate of drug-likeness (QED) is 0.362. The molecular formula is C23H21Cl2N7O3. The second-order valence-corrected chi connectivity index (χ2v) is 9.57. The number of aromatic amines is 2. The Kier molecular flexibility index (Phi) is 5.60. The van der Waals surface area contributed by atoms with Gasteiger partial charge in [0.05, 0.1) is 52.7 Å². The number of aromatic nitrogens is 5. The van der Waals surface area contributed by atoms with E-state index >= 15 is 0 Å². The Morgan fingerprint density at radius 2 is 2.00 bits per heavy atom. The largest absolute Gasteiger partial charge is 0.489 e. The lowest BCUT2D eigenvalue weighted by atomic mass is 10.2. The van der Waals surface area contributed by atoms with E-state index in [9.17, 15) is 9.90 Å². The third kappa shape index (κ3) is 4.23. The van der Waals surface area contributed by atoms with Crippen LogP contribution in [0.3, 0.4) is 0 Å². The van der Waals surface area contributed by atoms with Crippen LogP contribution in [0.5, 0.6) is 5.75 Å². The fourth-order valence-corrected chi connectivity index (χ4v) is 4.85. The predicted octanol–water partition coefficient (Wildman–Crippen LogP) is 2.75. The first-order chi connectivity index (χ1) is 16.9. The monoisotopic (exact) mass is 513 g/mol. The molecule has 1 amide bonds. The number of nitrogens with one attached hydrogen (secondary N) is 2. The lowest BCUT2D eigenvalue weighted by Gasteiger charge is -2.36. The highest BCUT2D eigenvalue weighted by atomic mass is 35.5. The van der Waals surface area contributed by atoms with Gasteiger partial charge in [-0.05, 0) is 18.2 Å². The third-order valence-corrected chi connectivity index (χ3v) is 6.95. The lowest BCUT2D eigenvalue weighted by molar-refractivity contribution is -0.135. The van der Waals surface area contributed by atoms with Crippen molar-refractivity contribution >= 4 is 40.0 Å². The summed E-state index contributed by atoms with van der Waals surface area (Å²) in [5.41, 5.74) is 3.93. The molecule has 0 bridgehead atoms. The van der Waals surface area contributed by atoms with Crippen LogP contribution in [0.25, 0.3) is 22.4 Å². The Balaban J connectivity index is 1.18. The molecule has 0 radical (unpaired) electrons. The maximum Gasteiger partial charge on any atom is 0.237 e. The summed E-state index contributed by atoms with van der Waals surface area (Å²) in [7, 11) is 0. The number of aliphatic hydroxyl groups is 1. The molecule has 3 aromatic heterocycles. The van der Waals surface area contributed by atoms with E-state index in [0.29, 0.717) is 65.6 Å². The Labute approximate surface area is 209 Å². The summed E-state index contributed by atoms with van der Waals surface area (Å²) >= 11 is 12.4. The number of amides is 1. The van der Waals surface area contributed by atoms with Crippen molar-refractivity contribution in [2.45, 2.75) is 25.8 Å². The summed E-state index contributed by atoms with van der Waals surface area (Å²) < 4.78 is 5.94. The standard InChI is InChI=1S/C23H21Cl2N7O3/c24-16-4-26-5-17(25)15(16)11-35-13-1-2-18-14(3-13)22(30-29-18)23-27-19-8-32(9-20(19)28-23)21(34)10-31-6-12(33)7-31/h1-5,12,33H,6-11H2,(H,27,28)(H,29,30). The van der Waals surface area contributed by atoms with Gasteiger partial charge in [-0.25, -0.2) is 4.98 Å². The van der Waals surface area contributed by atoms with Crippen molar-refractivity contribution in [1.82, 2.24) is 34.9 Å². The highest BCUT2D eigenvalue weighted by Gasteiger charge is 2.32. The van der Waals surface area contributed by atoms with Gasteiger partial charge < -0.3 is 19.7 Å². The second kappa shape index (κ2) is 8.80. The average molecular weight is 514 g/mol. The van der Waals surface area contributed by atoms with E-state index in [1.807, 2.05) is 23.1 Å². The molecule has 0 aliphatic carbocycles. The SMILES string of the molecule is O=C(CN1CC(O)C1)N1Cc2nc(-c3n[nH]c4ccc(OCc5c(Cl)cncc5Cl)cc34)[nH]c2C1. The van der Waals surface area contributed by atoms with Crippen molar-refractivity contribution in [1.29, 1.82) is 0 Å². The Bertz CT molecular complexity index is 1390. The number of H-pyrrole nitrogens is 2. The molecular weight excluding hydrogens is 493 g/mol. The van der Waals surface area contributed by atoms with Gasteiger partial charge in [0.25, 0.3) is 0 Å². The molecule has 0 spiro atoms. The van der Waals surface area contributed by atoms with Crippen LogP contribution >= 0.6 is 23.2 Å². The molecule has 1 fully saturated rings. The molecule has 1 aromatic carbocycles. The Morgan fingerprint density at radius 1 is 1.20 bits per heavy atom. The molecule has 2 aliphatic heterocycles. The number of aliphatic hydroxyl groups excluding tert-OH is 1. The summed E-state index contributed by atoms with van der Waals surface area (Å²) in [5, 5.41) is 18.6. The van der Waals surface area contributed by atoms with Crippen LogP contribution in [0.4, 0.5) is 0 Å². The number of β-amino-alcohol motifs (C(OH)–C–C–N with tert-alkyl or cyclic N) is 1. The number of fused-ring (bicyclic) bond motifs is 2. The summed E-state index contributed by atoms with van der Waals surface area (Å²) in [6.45, 7) is 2.54. The molecule has 180 valence electrons. The van der Waals surface area contributed by atoms with Crippen molar-refractivity contribution < 1.29 is 14.6 Å². The van der Waals surface area contributed by atoms with Gasteiger partial charge in [-0.15, -0.1) is 0 Å². The Morgan fingerprint density at radius 3 is 2.74 bits per heavy atom. The summed E-state index contributed by atoms with van der Waals surface area (Å²) in [6, 6.07) is 5.62. The first kappa shape index (κ1) is 22.3. The van der Waals surface area contributed by atoms with E-state index in [4.69, 9.17) is 32.9 Å². The predicted molar refractivity (Wildman–Crippen MR) is 129 cm³/mol. The first-order valence-electron chi connectivity index (χ1n) is 11.1. The number of nitrogens with zero attached hydrogens (tertiary/aromatic N) is 5. The number of hydrogen-bond acceptors (Lipinski definition) is 7. The van der Waals surface area contributed by atoms with Crippen molar-refractivity contribution in [2.24, 2.45) is 0 Å². The van der Waals surface area contributed by atoms with Gasteiger partial charge in [-0.2, -0.15) is 5.10 Å². The highest BCUT2D eigenvalue weighted by Crippen LogP contribution is 2.32. The number of carbonyl (C=O) groups is 1. The number of halogens is 2. The average Bonchev–Trinajstić information content (AvgIpc) is 3.50. The van der Waals surface area contributed by atoms with Crippen molar-refractivity contribution in [3.8, 4) is 17.3 Å². The number of pyridine rings is 1. The zero-order valence-corrected chi connectivity index (χ0v) is 20.0. The van der Waals surface area contributed by atoms with Crippen LogP contribution in [-0.2, 0) is 24.5 Å². The van der Waals surface area contributed by atoms with E-state index in [0.717, 1.165) is 22.3 Å². The van der Waals surface area contributed by atoms with Crippen LogP contribution in [0.2, 0.25) is 10.0 Å². The highest BCUT2D eigenvalue weighted by molar-refractivity contribution is 6.35. The number of rotatable bonds is 6. The molecule has 2 aliphatic rings. The van der Waals surface area contributed by atoms with Gasteiger partial charge in [0.1, 0.15) is 18.1 Å². The van der Waals surface area contributed by atoms with Gasteiger partial charge in [0.2, 0.25) is 5.91 Å². The van der Waals surface area contributed by atoms with Crippen LogP contribution < -0.4 is 4.74 Å². The van der Waals surface area contributed by atoms with E-state index < -0.39 is 0 Å². The van der Waals surface area contributed by atoms with Gasteiger partial charge in [0.15, 0.2) is 5.82 Å². The molecule has 4 aromatic rings. The van der Waals surface area contributed by atoms with Crippen molar-refractivity contribution in [3.05, 3.63) is 57.6 Å². The van der Waals surface area contributed by atoms with Gasteiger partial charge in [-0.1, -0.05) is 23.2 Å². The van der Waals surface area contributed by atoms with Crippen LogP contribution in [0.1, 0.15) is 17.0 Å². The van der Waals surface area contributed by atoms with E-state index in [1.54, 1.807) is 4.90 Å². The summed E-state index contributed by atoms with van der Waals surface area (Å²) in [4.78, 5) is 28.3. The van der Waals surface area contributed by atoms with Gasteiger partial charge in [-0.3, -0.25) is 19.8 Å². The van der Waals surface area contributed by atoms with Crippen molar-refractivity contribution in [2.75, 3.05) is 19.6 Å². The number of ether oxygens (including phenoxy) is 1. The topological polar surface area (TPSA) is 123 Å². The zero-order chi connectivity index (χ0) is 24.1. The minimum atomic E-state index is -0.320. The van der Waals surface area contributed by atoms with Gasteiger partial charge >= 0.3 is 0 Å². The molecule has 0 unspecified atom stereocenters. The van der Waals surface area contributed by atoms with E-state index in [2.05, 4.69) is 20.2 Å². The lowest BCUT2D eigenvalue weighted by Crippen LogP contribution is -2.53. The molecule has 0 atom stereocenters. The van der Waals surface area contributed by atoms with E-state index in [-0.39, 0.29) is 18.6 Å². The number of hydrogen-bond donors (Lipinski definition) is 3. The normalized spacial score (nSPS) is 16.0. The maximum absolute atomic E-state index is 12.6. The summed E-state index contributed by atoms with van der Waals surface area (Å²) in [6.07, 6.45) is 2.74. The number of carbonyl (C=O) groups excluding carboxylic acids is 1. The van der Waals surface area contributed by atoms with Gasteiger partial charge in [0, 0.05) is 36.4 Å². The number of benzene rings is 1. The smallest absolute Gasteiger partial charge is 0.237 e. The molecule has 35 heavy (non-hydrogen) atoms. The zero-order valence-electron chi connectivity index (χ0n) is 18.5. The molecule has 1 saturated heterocycles. The molecule has 0 saturated carbocycles. The fourth-order valence-electron chi connectivity index (χ4n) is 4.38. The maximum atomic E-state index is 12.6. The van der Waals surface area contributed by atoms with Crippen LogP contribution in [-0.4, -0.2) is 71.7 Å². The number of imidazole rings is 1. The van der Waals surface area contributed by atoms with Crippen LogP contribution in [0.15, 0.2) is 30.6 Å². The van der Waals surface area contributed by atoms with Crippen molar-refractivity contribution in [3.63, 3.8) is 0 Å². The number of likely N-dealkylation sites (tertiary alicyclic amines) is 1. The molecule has 10 nitrogen and oxygen atoms in total. The minimum Gasteiger partial charge on any atom is -0.489 e. The van der Waals surface area contributed by atoms with Crippen LogP contribution in [0, 0.1) is 0 Å². The Hall–Kier alpha value is -3.18. The molecule has 3 N–H and O–H groups in total. The summed E-state index contributed by atoms with van der Waals surface area (Å²) in [5.74, 6) is 1.30. The molecule has 12 heteroatoms. The molecule has 6 rings (SSSR count). The fraction of sp³-hybridized carbons (Fsp3) is 0.304. The first-order valence-corrected chi connectivity index (χ1v) is 11.9. The minimum absolute atomic E-state index is 0.0336.